The van der Waals surface area contributed by atoms with Gasteiger partial charge in [0.1, 0.15) is 11.9 Å². The van der Waals surface area contributed by atoms with Gasteiger partial charge in [0.05, 0.1) is 0 Å². The van der Waals surface area contributed by atoms with Crippen LogP contribution in [0.3, 0.4) is 0 Å². The molecule has 1 aromatic rings. The Balaban J connectivity index is 1.86. The largest absolute Gasteiger partial charge is 0.488 e. The van der Waals surface area contributed by atoms with E-state index in [1.165, 1.54) is 5.56 Å². The first-order valence-electron chi connectivity index (χ1n) is 6.89. The Morgan fingerprint density at radius 2 is 2.26 bits per heavy atom. The van der Waals surface area contributed by atoms with Crippen LogP contribution in [0.1, 0.15) is 25.8 Å². The molecule has 0 spiro atoms. The summed E-state index contributed by atoms with van der Waals surface area (Å²) in [6.07, 6.45) is 1.94. The van der Waals surface area contributed by atoms with Crippen LogP contribution in [0.25, 0.3) is 0 Å². The molecule has 1 aromatic carbocycles. The molecule has 2 N–H and O–H groups in total. The van der Waals surface area contributed by atoms with Crippen molar-refractivity contribution >= 4 is 15.9 Å². The Morgan fingerprint density at radius 1 is 1.47 bits per heavy atom. The molecule has 0 bridgehead atoms. The van der Waals surface area contributed by atoms with Crippen LogP contribution in [0.4, 0.5) is 0 Å². The van der Waals surface area contributed by atoms with Gasteiger partial charge in [-0.15, -0.1) is 0 Å². The van der Waals surface area contributed by atoms with Crippen molar-refractivity contribution in [3.63, 3.8) is 0 Å². The van der Waals surface area contributed by atoms with Crippen LogP contribution in [0.5, 0.6) is 5.75 Å². The van der Waals surface area contributed by atoms with Gasteiger partial charge in [0.15, 0.2) is 0 Å². The fourth-order valence-corrected chi connectivity index (χ4v) is 2.90. The molecule has 0 aromatic heterocycles. The van der Waals surface area contributed by atoms with E-state index in [1.54, 1.807) is 0 Å². The van der Waals surface area contributed by atoms with Gasteiger partial charge in [0, 0.05) is 30.1 Å². The Hall–Kier alpha value is -0.580. The maximum Gasteiger partial charge on any atom is 0.123 e. The molecule has 19 heavy (non-hydrogen) atoms. The van der Waals surface area contributed by atoms with Crippen molar-refractivity contribution in [1.82, 2.24) is 5.32 Å². The van der Waals surface area contributed by atoms with Gasteiger partial charge in [-0.2, -0.15) is 0 Å². The molecule has 2 unspecified atom stereocenters. The van der Waals surface area contributed by atoms with Gasteiger partial charge in [0.25, 0.3) is 0 Å². The second-order valence-corrected chi connectivity index (χ2v) is 6.38. The van der Waals surface area contributed by atoms with Crippen molar-refractivity contribution in [2.45, 2.75) is 38.8 Å². The predicted molar refractivity (Wildman–Crippen MR) is 80.6 cm³/mol. The highest BCUT2D eigenvalue weighted by molar-refractivity contribution is 9.10. The van der Waals surface area contributed by atoms with Gasteiger partial charge in [-0.1, -0.05) is 29.8 Å². The molecular weight excluding hydrogens is 306 g/mol. The van der Waals surface area contributed by atoms with Gasteiger partial charge in [0.2, 0.25) is 0 Å². The smallest absolute Gasteiger partial charge is 0.123 e. The lowest BCUT2D eigenvalue weighted by atomic mass is 10.0. The van der Waals surface area contributed by atoms with Gasteiger partial charge >= 0.3 is 0 Å². The fourth-order valence-electron chi connectivity index (χ4n) is 2.50. The van der Waals surface area contributed by atoms with Crippen molar-refractivity contribution < 1.29 is 9.84 Å². The lowest BCUT2D eigenvalue weighted by molar-refractivity contribution is 0.198. The number of nitrogens with one attached hydrogen (secondary N) is 1. The zero-order valence-electron chi connectivity index (χ0n) is 11.5. The maximum atomic E-state index is 9.07. The summed E-state index contributed by atoms with van der Waals surface area (Å²) in [5.74, 6) is 1.52. The van der Waals surface area contributed by atoms with Crippen LogP contribution in [0.15, 0.2) is 22.7 Å². The van der Waals surface area contributed by atoms with Crippen LogP contribution < -0.4 is 10.1 Å². The number of halogens is 1. The molecule has 3 nitrogen and oxygen atoms in total. The quantitative estimate of drug-likeness (QED) is 0.844. The molecule has 4 heteroatoms. The van der Waals surface area contributed by atoms with Gasteiger partial charge in [-0.25, -0.2) is 0 Å². The summed E-state index contributed by atoms with van der Waals surface area (Å²) in [6.45, 7) is 5.41. The molecule has 0 aliphatic carbocycles. The van der Waals surface area contributed by atoms with E-state index in [4.69, 9.17) is 9.84 Å². The first-order chi connectivity index (χ1) is 9.10. The zero-order chi connectivity index (χ0) is 13.8. The van der Waals surface area contributed by atoms with E-state index in [0.29, 0.717) is 12.0 Å². The number of fused-ring (bicyclic) bond motifs is 1. The molecule has 1 heterocycles. The molecule has 0 radical (unpaired) electrons. The summed E-state index contributed by atoms with van der Waals surface area (Å²) < 4.78 is 7.03. The summed E-state index contributed by atoms with van der Waals surface area (Å²) in [5.41, 5.74) is 1.27. The summed E-state index contributed by atoms with van der Waals surface area (Å²) in [7, 11) is 0. The highest BCUT2D eigenvalue weighted by Gasteiger charge is 2.24. The molecule has 0 saturated carbocycles. The number of rotatable bonds is 6. The second-order valence-electron chi connectivity index (χ2n) is 5.47. The summed E-state index contributed by atoms with van der Waals surface area (Å²) in [4.78, 5) is 0. The first-order valence-corrected chi connectivity index (χ1v) is 7.68. The Morgan fingerprint density at radius 3 is 2.95 bits per heavy atom. The summed E-state index contributed by atoms with van der Waals surface area (Å²) >= 11 is 3.49. The van der Waals surface area contributed by atoms with E-state index in [0.717, 1.165) is 29.6 Å². The predicted octanol–water partition coefficient (Wildman–Crippen LogP) is 2.75. The molecule has 1 aliphatic heterocycles. The van der Waals surface area contributed by atoms with E-state index in [2.05, 4.69) is 41.2 Å². The third-order valence-corrected chi connectivity index (χ3v) is 4.11. The van der Waals surface area contributed by atoms with Crippen molar-refractivity contribution in [2.24, 2.45) is 5.92 Å². The lowest BCUT2D eigenvalue weighted by Gasteiger charge is -2.23. The van der Waals surface area contributed by atoms with Crippen molar-refractivity contribution in [1.29, 1.82) is 0 Å². The highest BCUT2D eigenvalue weighted by atomic mass is 79.9. The van der Waals surface area contributed by atoms with E-state index < -0.39 is 0 Å². The Kier molecular flexibility index (Phi) is 5.25. The number of hydrogen-bond acceptors (Lipinski definition) is 3. The van der Waals surface area contributed by atoms with Crippen LogP contribution in [0.2, 0.25) is 0 Å². The summed E-state index contributed by atoms with van der Waals surface area (Å²) in [6, 6.07) is 6.51. The van der Waals surface area contributed by atoms with Crippen LogP contribution in [0, 0.1) is 5.92 Å². The van der Waals surface area contributed by atoms with Gasteiger partial charge in [-0.3, -0.25) is 0 Å². The number of hydrogen-bond donors (Lipinski definition) is 2. The third kappa shape index (κ3) is 3.94. The SMILES string of the molecule is CC(C)C(CCO)NCC1Cc2cc(Br)ccc2O1. The van der Waals surface area contributed by atoms with Crippen LogP contribution in [-0.2, 0) is 6.42 Å². The standard InChI is InChI=1S/C15H22BrNO2/c1-10(2)14(5-6-18)17-9-13-8-11-7-12(16)3-4-15(11)19-13/h3-4,7,10,13-14,17-18H,5-6,8-9H2,1-2H3. The fraction of sp³-hybridized carbons (Fsp3) is 0.600. The number of benzene rings is 1. The lowest BCUT2D eigenvalue weighted by Crippen LogP contribution is -2.40. The van der Waals surface area contributed by atoms with Crippen LogP contribution in [-0.4, -0.2) is 30.4 Å². The highest BCUT2D eigenvalue weighted by Crippen LogP contribution is 2.31. The minimum atomic E-state index is 0.198. The number of ether oxygens (including phenoxy) is 1. The molecule has 0 saturated heterocycles. The van der Waals surface area contributed by atoms with Crippen molar-refractivity contribution in [2.75, 3.05) is 13.2 Å². The second kappa shape index (κ2) is 6.73. The van der Waals surface area contributed by atoms with E-state index >= 15 is 0 Å². The Labute approximate surface area is 123 Å². The molecule has 106 valence electrons. The Bertz CT molecular complexity index is 423. The van der Waals surface area contributed by atoms with Gasteiger partial charge in [-0.05, 0) is 36.1 Å². The molecule has 2 rings (SSSR count). The van der Waals surface area contributed by atoms with E-state index in [1.807, 2.05) is 12.1 Å². The maximum absolute atomic E-state index is 9.07. The average Bonchev–Trinajstić information content (AvgIpc) is 2.75. The molecule has 2 atom stereocenters. The van der Waals surface area contributed by atoms with Crippen LogP contribution >= 0.6 is 15.9 Å². The average molecular weight is 328 g/mol. The molecule has 1 aliphatic rings. The van der Waals surface area contributed by atoms with E-state index in [-0.39, 0.29) is 12.7 Å². The van der Waals surface area contributed by atoms with Crippen molar-refractivity contribution in [3.8, 4) is 5.75 Å². The van der Waals surface area contributed by atoms with Gasteiger partial charge < -0.3 is 15.2 Å². The first kappa shape index (κ1) is 14.8. The summed E-state index contributed by atoms with van der Waals surface area (Å²) in [5, 5.41) is 12.6. The normalized spacial score (nSPS) is 19.3. The van der Waals surface area contributed by atoms with Crippen molar-refractivity contribution in [3.05, 3.63) is 28.2 Å². The topological polar surface area (TPSA) is 41.5 Å². The number of aliphatic hydroxyl groups excluding tert-OH is 1. The third-order valence-electron chi connectivity index (χ3n) is 3.62. The zero-order valence-corrected chi connectivity index (χ0v) is 13.1. The van der Waals surface area contributed by atoms with E-state index in [9.17, 15) is 0 Å². The molecular formula is C15H22BrNO2. The number of aliphatic hydroxyl groups is 1. The monoisotopic (exact) mass is 327 g/mol. The molecule has 0 fully saturated rings. The molecule has 0 amide bonds. The minimum absolute atomic E-state index is 0.198. The minimum Gasteiger partial charge on any atom is -0.488 e.